The first kappa shape index (κ1) is 7.57. The van der Waals surface area contributed by atoms with E-state index < -0.39 is 0 Å². The molecular formula is C8H5N5S. The third-order valence-corrected chi connectivity index (χ3v) is 2.34. The highest BCUT2D eigenvalue weighted by Gasteiger charge is 2.03. The number of H-pyrrole nitrogens is 1. The number of aromatic amines is 1. The third-order valence-electron chi connectivity index (χ3n) is 2.05. The van der Waals surface area contributed by atoms with Gasteiger partial charge in [-0.2, -0.15) is 4.52 Å². The zero-order valence-electron chi connectivity index (χ0n) is 7.01. The molecule has 0 unspecified atom stereocenters. The fourth-order valence-electron chi connectivity index (χ4n) is 1.43. The van der Waals surface area contributed by atoms with Gasteiger partial charge in [-0.15, -0.1) is 5.10 Å². The summed E-state index contributed by atoms with van der Waals surface area (Å²) >= 11 is 5.12. The lowest BCUT2D eigenvalue weighted by Gasteiger charge is -1.98. The first-order valence-corrected chi connectivity index (χ1v) is 4.46. The van der Waals surface area contributed by atoms with Crippen molar-refractivity contribution in [3.8, 4) is 0 Å². The van der Waals surface area contributed by atoms with E-state index in [0.717, 1.165) is 11.0 Å². The summed E-state index contributed by atoms with van der Waals surface area (Å²) < 4.78 is 2.18. The van der Waals surface area contributed by atoms with Crippen molar-refractivity contribution in [2.24, 2.45) is 0 Å². The predicted molar refractivity (Wildman–Crippen MR) is 53.5 cm³/mol. The van der Waals surface area contributed by atoms with E-state index in [0.29, 0.717) is 10.3 Å². The molecule has 0 saturated carbocycles. The number of tetrazole rings is 1. The van der Waals surface area contributed by atoms with Crippen LogP contribution >= 0.6 is 12.2 Å². The van der Waals surface area contributed by atoms with Crippen molar-refractivity contribution in [1.29, 1.82) is 0 Å². The first-order valence-electron chi connectivity index (χ1n) is 4.05. The summed E-state index contributed by atoms with van der Waals surface area (Å²) in [5.41, 5.74) is 2.43. The lowest BCUT2D eigenvalue weighted by Crippen LogP contribution is -1.93. The molecule has 3 aromatic rings. The van der Waals surface area contributed by atoms with Crippen molar-refractivity contribution >= 4 is 28.9 Å². The number of rotatable bonds is 0. The average Bonchev–Trinajstić information content (AvgIpc) is 2.67. The van der Waals surface area contributed by atoms with Crippen LogP contribution in [0.5, 0.6) is 0 Å². The van der Waals surface area contributed by atoms with Gasteiger partial charge in [0.25, 0.3) is 0 Å². The summed E-state index contributed by atoms with van der Waals surface area (Å²) in [4.78, 5) is 3.07. The Labute approximate surface area is 83.4 Å². The van der Waals surface area contributed by atoms with Crippen LogP contribution in [0.3, 0.4) is 0 Å². The van der Waals surface area contributed by atoms with Gasteiger partial charge >= 0.3 is 0 Å². The van der Waals surface area contributed by atoms with Gasteiger partial charge < -0.3 is 4.98 Å². The number of benzene rings is 1. The van der Waals surface area contributed by atoms with Crippen molar-refractivity contribution in [2.75, 3.05) is 0 Å². The summed E-state index contributed by atoms with van der Waals surface area (Å²) in [5, 5.41) is 11.3. The predicted octanol–water partition coefficient (Wildman–Crippen LogP) is 1.34. The minimum Gasteiger partial charge on any atom is -0.342 e. The lowest BCUT2D eigenvalue weighted by molar-refractivity contribution is 0.840. The van der Waals surface area contributed by atoms with E-state index in [2.05, 4.69) is 20.5 Å². The Bertz CT molecular complexity index is 668. The summed E-state index contributed by atoms with van der Waals surface area (Å²) in [7, 11) is 0. The Morgan fingerprint density at radius 3 is 3.07 bits per heavy atom. The number of nitrogens with one attached hydrogen (secondary N) is 1. The molecule has 1 aromatic carbocycles. The van der Waals surface area contributed by atoms with Gasteiger partial charge in [0.05, 0.1) is 11.0 Å². The molecule has 0 fully saturated rings. The van der Waals surface area contributed by atoms with Crippen molar-refractivity contribution in [3.63, 3.8) is 0 Å². The Morgan fingerprint density at radius 2 is 2.14 bits per heavy atom. The molecule has 0 amide bonds. The quantitative estimate of drug-likeness (QED) is 0.560. The molecule has 0 bridgehead atoms. The van der Waals surface area contributed by atoms with E-state index in [-0.39, 0.29) is 0 Å². The molecule has 0 aliphatic carbocycles. The fraction of sp³-hybridized carbons (Fsp3) is 0. The number of para-hydroxylation sites is 2. The Balaban J connectivity index is 2.73. The van der Waals surface area contributed by atoms with E-state index in [1.807, 2.05) is 24.3 Å². The van der Waals surface area contributed by atoms with E-state index in [9.17, 15) is 0 Å². The molecule has 2 aromatic heterocycles. The van der Waals surface area contributed by atoms with Crippen LogP contribution in [0.25, 0.3) is 16.7 Å². The maximum absolute atomic E-state index is 5.12. The van der Waals surface area contributed by atoms with Crippen LogP contribution in [-0.2, 0) is 0 Å². The Kier molecular flexibility index (Phi) is 1.40. The molecule has 0 saturated heterocycles. The van der Waals surface area contributed by atoms with E-state index in [1.54, 1.807) is 4.52 Å². The van der Waals surface area contributed by atoms with E-state index >= 15 is 0 Å². The van der Waals surface area contributed by atoms with Crippen LogP contribution in [0.4, 0.5) is 0 Å². The monoisotopic (exact) mass is 203 g/mol. The molecule has 68 valence electrons. The highest BCUT2D eigenvalue weighted by atomic mass is 32.1. The zero-order valence-corrected chi connectivity index (χ0v) is 7.82. The average molecular weight is 203 g/mol. The van der Waals surface area contributed by atoms with Crippen LogP contribution in [-0.4, -0.2) is 25.0 Å². The van der Waals surface area contributed by atoms with Crippen molar-refractivity contribution in [2.45, 2.75) is 0 Å². The summed E-state index contributed by atoms with van der Waals surface area (Å²) in [6.45, 7) is 0. The number of hydrogen-bond acceptors (Lipinski definition) is 4. The van der Waals surface area contributed by atoms with Gasteiger partial charge in [-0.3, -0.25) is 0 Å². The number of nitrogens with zero attached hydrogens (tertiary/aromatic N) is 4. The SMILES string of the molecule is S=c1[nH]c2ccccc2n2nnnc12. The Hall–Kier alpha value is -1.82. The third kappa shape index (κ3) is 0.882. The van der Waals surface area contributed by atoms with Crippen LogP contribution in [0, 0.1) is 4.64 Å². The normalized spacial score (nSPS) is 11.1. The molecule has 0 aliphatic heterocycles. The smallest absolute Gasteiger partial charge is 0.214 e. The number of fused-ring (bicyclic) bond motifs is 3. The van der Waals surface area contributed by atoms with Crippen LogP contribution < -0.4 is 0 Å². The highest BCUT2D eigenvalue weighted by Crippen LogP contribution is 2.11. The molecule has 14 heavy (non-hydrogen) atoms. The van der Waals surface area contributed by atoms with Crippen molar-refractivity contribution < 1.29 is 0 Å². The molecule has 2 heterocycles. The second kappa shape index (κ2) is 2.58. The standard InChI is InChI=1S/C8H5N5S/c14-8-7-10-11-12-13(7)6-4-2-1-3-5(6)9-8/h1-4H,(H,9,14). The van der Waals surface area contributed by atoms with Gasteiger partial charge in [0.2, 0.25) is 5.65 Å². The molecule has 0 spiro atoms. The number of hydrogen-bond donors (Lipinski definition) is 1. The van der Waals surface area contributed by atoms with Crippen LogP contribution in [0.2, 0.25) is 0 Å². The van der Waals surface area contributed by atoms with Crippen LogP contribution in [0.1, 0.15) is 0 Å². The second-order valence-corrected chi connectivity index (χ2v) is 3.29. The summed E-state index contributed by atoms with van der Waals surface area (Å²) in [6, 6.07) is 7.74. The maximum atomic E-state index is 5.12. The minimum absolute atomic E-state index is 0.550. The van der Waals surface area contributed by atoms with Gasteiger partial charge in [0, 0.05) is 0 Å². The van der Waals surface area contributed by atoms with Gasteiger partial charge in [-0.1, -0.05) is 24.4 Å². The van der Waals surface area contributed by atoms with Gasteiger partial charge in [-0.05, 0) is 22.6 Å². The van der Waals surface area contributed by atoms with Crippen LogP contribution in [0.15, 0.2) is 24.3 Å². The topological polar surface area (TPSA) is 58.9 Å². The Morgan fingerprint density at radius 1 is 1.29 bits per heavy atom. The summed E-state index contributed by atoms with van der Waals surface area (Å²) in [6.07, 6.45) is 0. The zero-order chi connectivity index (χ0) is 9.54. The van der Waals surface area contributed by atoms with Gasteiger partial charge in [-0.25, -0.2) is 0 Å². The van der Waals surface area contributed by atoms with Crippen molar-refractivity contribution in [1.82, 2.24) is 25.0 Å². The minimum atomic E-state index is 0.550. The second-order valence-electron chi connectivity index (χ2n) is 2.89. The first-order chi connectivity index (χ1) is 6.86. The molecule has 1 N–H and O–H groups in total. The number of aromatic nitrogens is 5. The molecule has 0 aliphatic rings. The molecule has 0 radical (unpaired) electrons. The molecular weight excluding hydrogens is 198 g/mol. The molecule has 5 nitrogen and oxygen atoms in total. The van der Waals surface area contributed by atoms with E-state index in [4.69, 9.17) is 12.2 Å². The maximum Gasteiger partial charge on any atom is 0.214 e. The fourth-order valence-corrected chi connectivity index (χ4v) is 1.67. The van der Waals surface area contributed by atoms with E-state index in [1.165, 1.54) is 0 Å². The largest absolute Gasteiger partial charge is 0.342 e. The summed E-state index contributed by atoms with van der Waals surface area (Å²) in [5.74, 6) is 0. The van der Waals surface area contributed by atoms with Gasteiger partial charge in [0.1, 0.15) is 0 Å². The molecule has 6 heteroatoms. The lowest BCUT2D eigenvalue weighted by atomic mass is 10.3. The molecule has 3 rings (SSSR count). The van der Waals surface area contributed by atoms with Crippen molar-refractivity contribution in [3.05, 3.63) is 28.9 Å². The van der Waals surface area contributed by atoms with Gasteiger partial charge in [0.15, 0.2) is 4.64 Å². The highest BCUT2D eigenvalue weighted by molar-refractivity contribution is 7.71. The molecule has 0 atom stereocenters.